The third kappa shape index (κ3) is 3.45. The van der Waals surface area contributed by atoms with Crippen LogP contribution in [0.5, 0.6) is 0 Å². The van der Waals surface area contributed by atoms with Gasteiger partial charge < -0.3 is 10.2 Å². The molecule has 0 aliphatic heterocycles. The van der Waals surface area contributed by atoms with Crippen LogP contribution in [0, 0.1) is 5.92 Å². The number of aliphatic hydroxyl groups is 2. The number of sulfone groups is 1. The number of hydrogen-bond donors (Lipinski definition) is 2. The normalized spacial score (nSPS) is 24.9. The zero-order valence-corrected chi connectivity index (χ0v) is 13.1. The van der Waals surface area contributed by atoms with Crippen molar-refractivity contribution in [2.24, 2.45) is 5.92 Å². The van der Waals surface area contributed by atoms with Crippen LogP contribution in [0.4, 0.5) is 0 Å². The van der Waals surface area contributed by atoms with Crippen LogP contribution in [-0.2, 0) is 14.6 Å². The van der Waals surface area contributed by atoms with Crippen LogP contribution in [0.2, 0.25) is 5.02 Å². The zero-order chi connectivity index (χ0) is 15.8. The van der Waals surface area contributed by atoms with Crippen LogP contribution < -0.4 is 0 Å². The molecule has 0 bridgehead atoms. The summed E-state index contributed by atoms with van der Waals surface area (Å²) in [5.41, 5.74) is 0.253. The summed E-state index contributed by atoms with van der Waals surface area (Å²) in [6.07, 6.45) is 0.276. The Morgan fingerprint density at radius 1 is 1.38 bits per heavy atom. The lowest BCUT2D eigenvalue weighted by molar-refractivity contribution is -0.135. The quantitative estimate of drug-likeness (QED) is 0.875. The number of carbonyl (C=O) groups excluding carboxylic acids is 1. The van der Waals surface area contributed by atoms with Crippen molar-refractivity contribution in [1.29, 1.82) is 0 Å². The van der Waals surface area contributed by atoms with Crippen LogP contribution in [0.25, 0.3) is 0 Å². The van der Waals surface area contributed by atoms with E-state index in [9.17, 15) is 23.4 Å². The first-order valence-electron chi connectivity index (χ1n) is 6.60. The van der Waals surface area contributed by atoms with Crippen LogP contribution in [0.15, 0.2) is 23.1 Å². The van der Waals surface area contributed by atoms with Gasteiger partial charge in [0, 0.05) is 17.7 Å². The minimum atomic E-state index is -3.40. The average Bonchev–Trinajstić information content (AvgIpc) is 2.37. The maximum Gasteiger partial charge on any atom is 0.175 e. The summed E-state index contributed by atoms with van der Waals surface area (Å²) in [4.78, 5) is 11.9. The van der Waals surface area contributed by atoms with E-state index < -0.39 is 28.0 Å². The number of benzene rings is 1. The van der Waals surface area contributed by atoms with Gasteiger partial charge in [-0.25, -0.2) is 8.42 Å². The molecule has 0 unspecified atom stereocenters. The Morgan fingerprint density at radius 2 is 2.05 bits per heavy atom. The number of halogens is 1. The highest BCUT2D eigenvalue weighted by molar-refractivity contribution is 7.90. The molecule has 0 spiro atoms. The first-order chi connectivity index (χ1) is 9.71. The van der Waals surface area contributed by atoms with Crippen molar-refractivity contribution >= 4 is 27.2 Å². The second-order valence-electron chi connectivity index (χ2n) is 5.35. The second kappa shape index (κ2) is 6.04. The molecular weight excluding hydrogens is 316 g/mol. The van der Waals surface area contributed by atoms with E-state index in [1.807, 2.05) is 0 Å². The smallest absolute Gasteiger partial charge is 0.175 e. The van der Waals surface area contributed by atoms with Gasteiger partial charge in [0.15, 0.2) is 9.84 Å². The largest absolute Gasteiger partial charge is 0.392 e. The Bertz CT molecular complexity index is 655. The van der Waals surface area contributed by atoms with Crippen molar-refractivity contribution in [3.63, 3.8) is 0 Å². The number of rotatable bonds is 3. The van der Waals surface area contributed by atoms with E-state index >= 15 is 0 Å². The maximum atomic E-state index is 11.9. The summed E-state index contributed by atoms with van der Waals surface area (Å²) >= 11 is 6.03. The Balaban J connectivity index is 2.35. The number of hydrogen-bond acceptors (Lipinski definition) is 5. The van der Waals surface area contributed by atoms with E-state index in [1.54, 1.807) is 0 Å². The first-order valence-corrected chi connectivity index (χ1v) is 8.87. The SMILES string of the molecule is CS(=O)(=O)c1ccc([C@@H](O)[C@H]2C(=O)CCC[C@H]2O)c(Cl)c1. The molecule has 21 heavy (non-hydrogen) atoms. The number of carbonyl (C=O) groups is 1. The summed E-state index contributed by atoms with van der Waals surface area (Å²) in [5.74, 6) is -1.12. The predicted octanol–water partition coefficient (Wildman–Crippen LogP) is 1.51. The first kappa shape index (κ1) is 16.4. The number of aliphatic hydroxyl groups excluding tert-OH is 2. The molecule has 1 aromatic carbocycles. The lowest BCUT2D eigenvalue weighted by atomic mass is 9.79. The Morgan fingerprint density at radius 3 is 2.57 bits per heavy atom. The molecule has 2 N–H and O–H groups in total. The minimum absolute atomic E-state index is 0.0407. The molecule has 7 heteroatoms. The Hall–Kier alpha value is -0.950. The van der Waals surface area contributed by atoms with Crippen LogP contribution in [-0.4, -0.2) is 36.8 Å². The highest BCUT2D eigenvalue weighted by Crippen LogP contribution is 2.36. The molecule has 0 aromatic heterocycles. The van der Waals surface area contributed by atoms with E-state index in [1.165, 1.54) is 18.2 Å². The van der Waals surface area contributed by atoms with Gasteiger partial charge in [-0.3, -0.25) is 4.79 Å². The predicted molar refractivity (Wildman–Crippen MR) is 77.9 cm³/mol. The van der Waals surface area contributed by atoms with E-state index in [-0.39, 0.29) is 21.3 Å². The molecule has 1 aliphatic carbocycles. The standard InChI is InChI=1S/C14H17ClO5S/c1-21(19,20)8-5-6-9(10(15)7-8)14(18)13-11(16)3-2-4-12(13)17/h5-7,11,13-14,16,18H,2-4H2,1H3/t11-,13-,14-/m1/s1. The molecule has 0 saturated heterocycles. The summed E-state index contributed by atoms with van der Waals surface area (Å²) in [7, 11) is -3.40. The molecule has 0 amide bonds. The highest BCUT2D eigenvalue weighted by atomic mass is 35.5. The molecule has 1 aliphatic rings. The van der Waals surface area contributed by atoms with Crippen molar-refractivity contribution in [3.8, 4) is 0 Å². The topological polar surface area (TPSA) is 91.7 Å². The third-order valence-electron chi connectivity index (χ3n) is 3.77. The molecule has 2 rings (SSSR count). The fourth-order valence-electron chi connectivity index (χ4n) is 2.60. The van der Waals surface area contributed by atoms with Gasteiger partial charge in [-0.05, 0) is 30.5 Å². The molecule has 0 heterocycles. The van der Waals surface area contributed by atoms with E-state index in [2.05, 4.69) is 0 Å². The average molecular weight is 333 g/mol. The van der Waals surface area contributed by atoms with Crippen LogP contribution in [0.1, 0.15) is 30.9 Å². The molecule has 3 atom stereocenters. The summed E-state index contributed by atoms with van der Waals surface area (Å²) in [6, 6.07) is 3.96. The molecule has 116 valence electrons. The maximum absolute atomic E-state index is 11.9. The zero-order valence-electron chi connectivity index (χ0n) is 11.5. The van der Waals surface area contributed by atoms with Crippen LogP contribution in [0.3, 0.4) is 0 Å². The Labute approximate surface area is 128 Å². The van der Waals surface area contributed by atoms with Crippen LogP contribution >= 0.6 is 11.6 Å². The molecule has 0 radical (unpaired) electrons. The Kier molecular flexibility index (Phi) is 4.72. The lowest BCUT2D eigenvalue weighted by Gasteiger charge is -2.30. The van der Waals surface area contributed by atoms with Crippen molar-refractivity contribution in [1.82, 2.24) is 0 Å². The number of ketones is 1. The van der Waals surface area contributed by atoms with Gasteiger partial charge >= 0.3 is 0 Å². The van der Waals surface area contributed by atoms with Gasteiger partial charge in [-0.15, -0.1) is 0 Å². The number of Topliss-reactive ketones (excluding diaryl/α,β-unsaturated/α-hetero) is 1. The van der Waals surface area contributed by atoms with Crippen molar-refractivity contribution < 1.29 is 23.4 Å². The fraction of sp³-hybridized carbons (Fsp3) is 0.500. The third-order valence-corrected chi connectivity index (χ3v) is 5.21. The molecule has 1 aromatic rings. The van der Waals surface area contributed by atoms with E-state index in [0.29, 0.717) is 19.3 Å². The summed E-state index contributed by atoms with van der Waals surface area (Å²) in [6.45, 7) is 0. The molecule has 1 saturated carbocycles. The molecular formula is C14H17ClO5S. The molecule has 5 nitrogen and oxygen atoms in total. The van der Waals surface area contributed by atoms with Crippen molar-refractivity contribution in [3.05, 3.63) is 28.8 Å². The monoisotopic (exact) mass is 332 g/mol. The van der Waals surface area contributed by atoms with Crippen molar-refractivity contribution in [2.75, 3.05) is 6.26 Å². The van der Waals surface area contributed by atoms with Crippen molar-refractivity contribution in [2.45, 2.75) is 36.4 Å². The van der Waals surface area contributed by atoms with Gasteiger partial charge in [-0.1, -0.05) is 17.7 Å². The summed E-state index contributed by atoms with van der Waals surface area (Å²) < 4.78 is 22.9. The second-order valence-corrected chi connectivity index (χ2v) is 7.77. The van der Waals surface area contributed by atoms with Gasteiger partial charge in [0.1, 0.15) is 5.78 Å². The minimum Gasteiger partial charge on any atom is -0.392 e. The lowest BCUT2D eigenvalue weighted by Crippen LogP contribution is -2.37. The van der Waals surface area contributed by atoms with Gasteiger partial charge in [-0.2, -0.15) is 0 Å². The highest BCUT2D eigenvalue weighted by Gasteiger charge is 2.37. The fourth-order valence-corrected chi connectivity index (χ4v) is 3.61. The molecule has 1 fully saturated rings. The van der Waals surface area contributed by atoms with Gasteiger partial charge in [0.2, 0.25) is 0 Å². The van der Waals surface area contributed by atoms with E-state index in [0.717, 1.165) is 6.26 Å². The summed E-state index contributed by atoms with van der Waals surface area (Å²) in [5, 5.41) is 20.3. The van der Waals surface area contributed by atoms with Gasteiger partial charge in [0.05, 0.1) is 23.0 Å². The van der Waals surface area contributed by atoms with Gasteiger partial charge in [0.25, 0.3) is 0 Å². The van der Waals surface area contributed by atoms with E-state index in [4.69, 9.17) is 11.6 Å².